The van der Waals surface area contributed by atoms with E-state index < -0.39 is 24.4 Å². The van der Waals surface area contributed by atoms with Crippen molar-refractivity contribution in [2.45, 2.75) is 25.2 Å². The summed E-state index contributed by atoms with van der Waals surface area (Å²) in [7, 11) is 0. The number of hydrogen-bond donors (Lipinski definition) is 2. The van der Waals surface area contributed by atoms with Crippen LogP contribution in [0.4, 0.5) is 18.0 Å². The SMILES string of the molecule is Cc1ccc(/C=N/NC(=O)N2N=C(c3cccc4ccccc34)CC2(O)C(F)(F)F)cc1. The standard InChI is InChI=1S/C23H19F3N4O2/c1-15-9-11-16(12-10-15)14-27-28-21(31)30-22(32,23(24,25)26)13-20(29-30)19-8-4-6-17-5-2-3-7-18(17)19/h2-12,14,32H,13H2,1H3,(H,28,31)/b27-14+. The van der Waals surface area contributed by atoms with Crippen molar-refractivity contribution in [3.63, 3.8) is 0 Å². The van der Waals surface area contributed by atoms with Gasteiger partial charge in [0.25, 0.3) is 5.72 Å². The smallest absolute Gasteiger partial charge is 0.362 e. The third-order valence-electron chi connectivity index (χ3n) is 5.18. The van der Waals surface area contributed by atoms with E-state index in [1.165, 1.54) is 6.21 Å². The molecule has 32 heavy (non-hydrogen) atoms. The molecular formula is C23H19F3N4O2. The van der Waals surface area contributed by atoms with Crippen LogP contribution in [0.25, 0.3) is 10.8 Å². The van der Waals surface area contributed by atoms with Gasteiger partial charge < -0.3 is 5.11 Å². The molecule has 0 radical (unpaired) electrons. The average Bonchev–Trinajstić information content (AvgIpc) is 3.13. The van der Waals surface area contributed by atoms with Gasteiger partial charge in [0, 0.05) is 5.56 Å². The van der Waals surface area contributed by atoms with E-state index in [4.69, 9.17) is 0 Å². The Morgan fingerprint density at radius 3 is 2.53 bits per heavy atom. The number of amides is 2. The van der Waals surface area contributed by atoms with E-state index in [0.29, 0.717) is 16.5 Å². The summed E-state index contributed by atoms with van der Waals surface area (Å²) in [5, 5.41) is 19.5. The van der Waals surface area contributed by atoms with Crippen molar-refractivity contribution in [3.8, 4) is 0 Å². The highest BCUT2D eigenvalue weighted by Gasteiger charge is 2.63. The summed E-state index contributed by atoms with van der Waals surface area (Å²) in [6, 6.07) is 18.0. The normalized spacial score (nSPS) is 18.9. The molecule has 1 aliphatic heterocycles. The molecule has 9 heteroatoms. The lowest BCUT2D eigenvalue weighted by molar-refractivity contribution is -0.297. The third-order valence-corrected chi connectivity index (χ3v) is 5.18. The maximum absolute atomic E-state index is 13.8. The number of nitrogens with zero attached hydrogens (tertiary/aromatic N) is 3. The van der Waals surface area contributed by atoms with Crippen LogP contribution in [0.5, 0.6) is 0 Å². The number of halogens is 3. The second-order valence-corrected chi connectivity index (χ2v) is 7.46. The van der Waals surface area contributed by atoms with Crippen molar-refractivity contribution in [2.24, 2.45) is 10.2 Å². The fourth-order valence-electron chi connectivity index (χ4n) is 3.47. The van der Waals surface area contributed by atoms with E-state index >= 15 is 0 Å². The van der Waals surface area contributed by atoms with Crippen LogP contribution in [-0.4, -0.2) is 40.0 Å². The first-order chi connectivity index (χ1) is 15.2. The lowest BCUT2D eigenvalue weighted by Crippen LogP contribution is -2.58. The molecular weight excluding hydrogens is 421 g/mol. The van der Waals surface area contributed by atoms with Gasteiger partial charge in [-0.1, -0.05) is 72.3 Å². The monoisotopic (exact) mass is 440 g/mol. The van der Waals surface area contributed by atoms with Crippen LogP contribution in [0.1, 0.15) is 23.1 Å². The summed E-state index contributed by atoms with van der Waals surface area (Å²) in [5.74, 6) is 0. The lowest BCUT2D eigenvalue weighted by atomic mass is 9.96. The fourth-order valence-corrected chi connectivity index (χ4v) is 3.47. The van der Waals surface area contributed by atoms with E-state index in [1.807, 2.05) is 36.6 Å². The molecule has 3 aromatic carbocycles. The number of aryl methyl sites for hydroxylation is 1. The Labute approximate surface area is 181 Å². The highest BCUT2D eigenvalue weighted by atomic mass is 19.4. The minimum atomic E-state index is -5.14. The maximum atomic E-state index is 13.8. The zero-order valence-corrected chi connectivity index (χ0v) is 17.0. The van der Waals surface area contributed by atoms with Crippen LogP contribution >= 0.6 is 0 Å². The molecule has 0 fully saturated rings. The van der Waals surface area contributed by atoms with Gasteiger partial charge in [-0.3, -0.25) is 0 Å². The molecule has 0 saturated heterocycles. The topological polar surface area (TPSA) is 77.3 Å². The molecule has 0 saturated carbocycles. The van der Waals surface area contributed by atoms with Gasteiger partial charge in [0.15, 0.2) is 0 Å². The number of alkyl halides is 3. The number of hydrazone groups is 2. The van der Waals surface area contributed by atoms with E-state index in [1.54, 1.807) is 42.5 Å². The molecule has 0 aliphatic carbocycles. The van der Waals surface area contributed by atoms with Crippen LogP contribution in [0.3, 0.4) is 0 Å². The lowest BCUT2D eigenvalue weighted by Gasteiger charge is -2.31. The van der Waals surface area contributed by atoms with E-state index in [9.17, 15) is 23.1 Å². The van der Waals surface area contributed by atoms with Gasteiger partial charge in [-0.2, -0.15) is 28.4 Å². The Hall–Kier alpha value is -3.72. The van der Waals surface area contributed by atoms with Gasteiger partial charge in [-0.15, -0.1) is 0 Å². The minimum absolute atomic E-state index is 0.0105. The number of benzene rings is 3. The Morgan fingerprint density at radius 2 is 1.81 bits per heavy atom. The summed E-state index contributed by atoms with van der Waals surface area (Å²) in [4.78, 5) is 12.5. The molecule has 1 atom stereocenters. The summed E-state index contributed by atoms with van der Waals surface area (Å²) in [6.07, 6.45) is -4.75. The molecule has 2 N–H and O–H groups in total. The zero-order chi connectivity index (χ0) is 22.9. The molecule has 6 nitrogen and oxygen atoms in total. The predicted octanol–water partition coefficient (Wildman–Crippen LogP) is 4.55. The van der Waals surface area contributed by atoms with Crippen molar-refractivity contribution >= 4 is 28.7 Å². The van der Waals surface area contributed by atoms with Gasteiger partial charge in [-0.25, -0.2) is 10.2 Å². The maximum Gasteiger partial charge on any atom is 0.438 e. The van der Waals surface area contributed by atoms with Crippen molar-refractivity contribution < 1.29 is 23.1 Å². The van der Waals surface area contributed by atoms with E-state index in [0.717, 1.165) is 10.9 Å². The molecule has 0 bridgehead atoms. The van der Waals surface area contributed by atoms with Crippen LogP contribution in [0.2, 0.25) is 0 Å². The van der Waals surface area contributed by atoms with E-state index in [-0.39, 0.29) is 10.7 Å². The summed E-state index contributed by atoms with van der Waals surface area (Å²) < 4.78 is 41.4. The Kier molecular flexibility index (Phi) is 5.43. The van der Waals surface area contributed by atoms with Crippen LogP contribution in [0, 0.1) is 6.92 Å². The quantitative estimate of drug-likeness (QED) is 0.463. The molecule has 0 aromatic heterocycles. The van der Waals surface area contributed by atoms with E-state index in [2.05, 4.69) is 10.2 Å². The summed E-state index contributed by atoms with van der Waals surface area (Å²) >= 11 is 0. The number of urea groups is 1. The summed E-state index contributed by atoms with van der Waals surface area (Å²) in [6.45, 7) is 1.90. The Morgan fingerprint density at radius 1 is 1.12 bits per heavy atom. The second-order valence-electron chi connectivity index (χ2n) is 7.46. The number of carbonyl (C=O) groups is 1. The Balaban J connectivity index is 1.65. The van der Waals surface area contributed by atoms with Crippen LogP contribution < -0.4 is 5.43 Å². The van der Waals surface area contributed by atoms with Gasteiger partial charge >= 0.3 is 12.2 Å². The van der Waals surface area contributed by atoms with Crippen LogP contribution in [-0.2, 0) is 0 Å². The van der Waals surface area contributed by atoms with Crippen molar-refractivity contribution in [3.05, 3.63) is 83.4 Å². The van der Waals surface area contributed by atoms with Crippen molar-refractivity contribution in [1.82, 2.24) is 10.4 Å². The molecule has 1 aliphatic rings. The number of rotatable bonds is 3. The zero-order valence-electron chi connectivity index (χ0n) is 17.0. The third kappa shape index (κ3) is 3.94. The van der Waals surface area contributed by atoms with Gasteiger partial charge in [0.2, 0.25) is 0 Å². The van der Waals surface area contributed by atoms with Gasteiger partial charge in [0.05, 0.1) is 18.3 Å². The van der Waals surface area contributed by atoms with Crippen LogP contribution in [0.15, 0.2) is 76.9 Å². The first-order valence-electron chi connectivity index (χ1n) is 9.74. The molecule has 1 unspecified atom stereocenters. The Bertz CT molecular complexity index is 1220. The predicted molar refractivity (Wildman–Crippen MR) is 115 cm³/mol. The van der Waals surface area contributed by atoms with Gasteiger partial charge in [0.1, 0.15) is 0 Å². The number of carbonyl (C=O) groups excluding carboxylic acids is 1. The summed E-state index contributed by atoms with van der Waals surface area (Å²) in [5.41, 5.74) is 0.531. The van der Waals surface area contributed by atoms with Gasteiger partial charge in [-0.05, 0) is 23.3 Å². The molecule has 2 amide bonds. The molecule has 164 valence electrons. The minimum Gasteiger partial charge on any atom is -0.362 e. The average molecular weight is 440 g/mol. The highest BCUT2D eigenvalue weighted by Crippen LogP contribution is 2.42. The largest absolute Gasteiger partial charge is 0.438 e. The fraction of sp³-hybridized carbons (Fsp3) is 0.174. The number of fused-ring (bicyclic) bond motifs is 1. The molecule has 3 aromatic rings. The second kappa shape index (κ2) is 8.08. The first-order valence-corrected chi connectivity index (χ1v) is 9.74. The number of aliphatic hydroxyl groups is 1. The number of nitrogens with one attached hydrogen (secondary N) is 1. The molecule has 4 rings (SSSR count). The molecule has 1 heterocycles. The molecule has 0 spiro atoms. The number of hydrogen-bond acceptors (Lipinski definition) is 4. The first kappa shape index (κ1) is 21.5. The van der Waals surface area contributed by atoms with Crippen molar-refractivity contribution in [1.29, 1.82) is 0 Å². The highest BCUT2D eigenvalue weighted by molar-refractivity contribution is 6.12. The van der Waals surface area contributed by atoms with Crippen molar-refractivity contribution in [2.75, 3.05) is 0 Å².